The van der Waals surface area contributed by atoms with Crippen LogP contribution in [-0.4, -0.2) is 16.3 Å². The standard InChI is InChI=1S/C7H13N3/c1-6(5-8)7-3-4-10(2)9-7/h3-4,6H,5,8H2,1-2H3. The van der Waals surface area contributed by atoms with Crippen molar-refractivity contribution in [1.29, 1.82) is 0 Å². The van der Waals surface area contributed by atoms with E-state index < -0.39 is 0 Å². The van der Waals surface area contributed by atoms with E-state index in [4.69, 9.17) is 5.73 Å². The average molecular weight is 139 g/mol. The topological polar surface area (TPSA) is 43.8 Å². The summed E-state index contributed by atoms with van der Waals surface area (Å²) in [6, 6.07) is 2.00. The molecule has 0 spiro atoms. The lowest BCUT2D eigenvalue weighted by Crippen LogP contribution is -2.09. The third kappa shape index (κ3) is 1.36. The predicted molar refractivity (Wildman–Crippen MR) is 40.7 cm³/mol. The number of hydrogen-bond donors (Lipinski definition) is 1. The number of aryl methyl sites for hydroxylation is 1. The maximum Gasteiger partial charge on any atom is 0.0665 e. The number of aromatic nitrogens is 2. The Balaban J connectivity index is 2.74. The molecule has 0 aliphatic rings. The summed E-state index contributed by atoms with van der Waals surface area (Å²) in [6.07, 6.45) is 1.93. The molecule has 1 heterocycles. The van der Waals surface area contributed by atoms with Gasteiger partial charge < -0.3 is 5.73 Å². The molecule has 0 aliphatic carbocycles. The Hall–Kier alpha value is -0.830. The highest BCUT2D eigenvalue weighted by atomic mass is 15.2. The van der Waals surface area contributed by atoms with Gasteiger partial charge in [0.2, 0.25) is 0 Å². The van der Waals surface area contributed by atoms with Gasteiger partial charge in [-0.1, -0.05) is 6.92 Å². The SMILES string of the molecule is CC(CN)c1ccn(C)n1. The molecule has 56 valence electrons. The van der Waals surface area contributed by atoms with Crippen LogP contribution in [0.3, 0.4) is 0 Å². The van der Waals surface area contributed by atoms with Gasteiger partial charge in [0.05, 0.1) is 5.69 Å². The van der Waals surface area contributed by atoms with Crippen LogP contribution in [0, 0.1) is 0 Å². The lowest BCUT2D eigenvalue weighted by Gasteiger charge is -2.01. The molecule has 1 atom stereocenters. The second kappa shape index (κ2) is 2.84. The molecule has 0 saturated carbocycles. The summed E-state index contributed by atoms with van der Waals surface area (Å²) in [5.41, 5.74) is 6.54. The van der Waals surface area contributed by atoms with Crippen LogP contribution in [0.4, 0.5) is 0 Å². The van der Waals surface area contributed by atoms with E-state index in [0.29, 0.717) is 12.5 Å². The van der Waals surface area contributed by atoms with Gasteiger partial charge in [0.1, 0.15) is 0 Å². The molecule has 3 nitrogen and oxygen atoms in total. The highest BCUT2D eigenvalue weighted by Crippen LogP contribution is 2.08. The molecule has 0 radical (unpaired) electrons. The van der Waals surface area contributed by atoms with Crippen LogP contribution < -0.4 is 5.73 Å². The summed E-state index contributed by atoms with van der Waals surface area (Å²) in [6.45, 7) is 2.74. The molecule has 2 N–H and O–H groups in total. The fourth-order valence-electron chi connectivity index (χ4n) is 0.817. The fraction of sp³-hybridized carbons (Fsp3) is 0.571. The van der Waals surface area contributed by atoms with Crippen molar-refractivity contribution in [2.45, 2.75) is 12.8 Å². The van der Waals surface area contributed by atoms with E-state index in [0.717, 1.165) is 5.69 Å². The zero-order valence-corrected chi connectivity index (χ0v) is 6.41. The van der Waals surface area contributed by atoms with E-state index >= 15 is 0 Å². The number of hydrogen-bond acceptors (Lipinski definition) is 2. The summed E-state index contributed by atoms with van der Waals surface area (Å²) in [5, 5.41) is 4.22. The van der Waals surface area contributed by atoms with E-state index in [-0.39, 0.29) is 0 Å². The number of rotatable bonds is 2. The van der Waals surface area contributed by atoms with E-state index in [1.54, 1.807) is 4.68 Å². The zero-order chi connectivity index (χ0) is 7.56. The average Bonchev–Trinajstić information content (AvgIpc) is 2.34. The van der Waals surface area contributed by atoms with E-state index in [2.05, 4.69) is 12.0 Å². The molecule has 1 rings (SSSR count). The number of nitrogens with two attached hydrogens (primary N) is 1. The Morgan fingerprint density at radius 2 is 2.50 bits per heavy atom. The van der Waals surface area contributed by atoms with Crippen LogP contribution in [-0.2, 0) is 7.05 Å². The molecule has 0 fully saturated rings. The van der Waals surface area contributed by atoms with Crippen molar-refractivity contribution in [3.63, 3.8) is 0 Å². The summed E-state index contributed by atoms with van der Waals surface area (Å²) < 4.78 is 1.79. The molecule has 3 heteroatoms. The minimum absolute atomic E-state index is 0.376. The van der Waals surface area contributed by atoms with Crippen molar-refractivity contribution in [3.8, 4) is 0 Å². The quantitative estimate of drug-likeness (QED) is 0.647. The molecule has 0 aliphatic heterocycles. The molecule has 0 saturated heterocycles. The predicted octanol–water partition coefficient (Wildman–Crippen LogP) is 0.482. The monoisotopic (exact) mass is 139 g/mol. The van der Waals surface area contributed by atoms with Crippen LogP contribution >= 0.6 is 0 Å². The van der Waals surface area contributed by atoms with Gasteiger partial charge in [-0.2, -0.15) is 5.10 Å². The molecule has 0 aromatic carbocycles. The molecule has 1 aromatic heterocycles. The molecule has 0 amide bonds. The normalized spacial score (nSPS) is 13.5. The van der Waals surface area contributed by atoms with E-state index in [1.165, 1.54) is 0 Å². The minimum atomic E-state index is 0.376. The largest absolute Gasteiger partial charge is 0.330 e. The molecule has 10 heavy (non-hydrogen) atoms. The molecule has 1 aromatic rings. The van der Waals surface area contributed by atoms with Gasteiger partial charge in [-0.25, -0.2) is 0 Å². The van der Waals surface area contributed by atoms with Gasteiger partial charge in [-0.3, -0.25) is 4.68 Å². The Kier molecular flexibility index (Phi) is 2.06. The maximum atomic E-state index is 5.46. The van der Waals surface area contributed by atoms with Crippen LogP contribution in [0.25, 0.3) is 0 Å². The fourth-order valence-corrected chi connectivity index (χ4v) is 0.817. The van der Waals surface area contributed by atoms with Crippen molar-refractivity contribution in [1.82, 2.24) is 9.78 Å². The Morgan fingerprint density at radius 3 is 2.90 bits per heavy atom. The lowest BCUT2D eigenvalue weighted by molar-refractivity contribution is 0.686. The Morgan fingerprint density at radius 1 is 1.80 bits per heavy atom. The summed E-state index contributed by atoms with van der Waals surface area (Å²) in [5.74, 6) is 0.376. The summed E-state index contributed by atoms with van der Waals surface area (Å²) >= 11 is 0. The van der Waals surface area contributed by atoms with Gasteiger partial charge >= 0.3 is 0 Å². The van der Waals surface area contributed by atoms with Crippen LogP contribution in [0.5, 0.6) is 0 Å². The second-order valence-corrected chi connectivity index (χ2v) is 2.55. The third-order valence-electron chi connectivity index (χ3n) is 1.59. The third-order valence-corrected chi connectivity index (χ3v) is 1.59. The van der Waals surface area contributed by atoms with Gasteiger partial charge in [-0.05, 0) is 6.07 Å². The summed E-state index contributed by atoms with van der Waals surface area (Å²) in [7, 11) is 1.91. The van der Waals surface area contributed by atoms with Gasteiger partial charge in [0.15, 0.2) is 0 Å². The van der Waals surface area contributed by atoms with E-state index in [1.807, 2.05) is 19.3 Å². The van der Waals surface area contributed by atoms with Gasteiger partial charge in [0.25, 0.3) is 0 Å². The van der Waals surface area contributed by atoms with Gasteiger partial charge in [-0.15, -0.1) is 0 Å². The summed E-state index contributed by atoms with van der Waals surface area (Å²) in [4.78, 5) is 0. The zero-order valence-electron chi connectivity index (χ0n) is 6.41. The molecular formula is C7H13N3. The van der Waals surface area contributed by atoms with Crippen LogP contribution in [0.2, 0.25) is 0 Å². The molecule has 0 bridgehead atoms. The Bertz CT molecular complexity index is 204. The van der Waals surface area contributed by atoms with Crippen molar-refractivity contribution < 1.29 is 0 Å². The van der Waals surface area contributed by atoms with Gasteiger partial charge in [0, 0.05) is 25.7 Å². The van der Waals surface area contributed by atoms with Crippen LogP contribution in [0.1, 0.15) is 18.5 Å². The first kappa shape index (κ1) is 7.28. The van der Waals surface area contributed by atoms with Crippen LogP contribution in [0.15, 0.2) is 12.3 Å². The molecule has 1 unspecified atom stereocenters. The van der Waals surface area contributed by atoms with E-state index in [9.17, 15) is 0 Å². The highest BCUT2D eigenvalue weighted by Gasteiger charge is 2.04. The van der Waals surface area contributed by atoms with Crippen molar-refractivity contribution in [2.75, 3.05) is 6.54 Å². The van der Waals surface area contributed by atoms with Crippen molar-refractivity contribution in [2.24, 2.45) is 12.8 Å². The second-order valence-electron chi connectivity index (χ2n) is 2.55. The number of nitrogens with zero attached hydrogens (tertiary/aromatic N) is 2. The van der Waals surface area contributed by atoms with Crippen molar-refractivity contribution >= 4 is 0 Å². The lowest BCUT2D eigenvalue weighted by atomic mass is 10.1. The Labute approximate surface area is 60.8 Å². The maximum absolute atomic E-state index is 5.46. The smallest absolute Gasteiger partial charge is 0.0665 e. The first-order valence-corrected chi connectivity index (χ1v) is 3.43. The first-order valence-electron chi connectivity index (χ1n) is 3.43. The molecular weight excluding hydrogens is 126 g/mol. The minimum Gasteiger partial charge on any atom is -0.330 e. The highest BCUT2D eigenvalue weighted by molar-refractivity contribution is 5.05. The van der Waals surface area contributed by atoms with Crippen molar-refractivity contribution in [3.05, 3.63) is 18.0 Å². The first-order chi connectivity index (χ1) is 4.74.